The van der Waals surface area contributed by atoms with Gasteiger partial charge in [0.15, 0.2) is 0 Å². The molecule has 170 valence electrons. The van der Waals surface area contributed by atoms with Crippen molar-refractivity contribution in [2.45, 2.75) is 19.4 Å². The Kier molecular flexibility index (Phi) is 6.83. The van der Waals surface area contributed by atoms with Gasteiger partial charge in [0.1, 0.15) is 17.7 Å². The smallest absolute Gasteiger partial charge is 0.414 e. The molecule has 1 atom stereocenters. The van der Waals surface area contributed by atoms with E-state index >= 15 is 0 Å². The number of carbonyl (C=O) groups excluding carboxylic acids is 2. The van der Waals surface area contributed by atoms with E-state index in [1.54, 1.807) is 18.3 Å². The van der Waals surface area contributed by atoms with Gasteiger partial charge in [-0.1, -0.05) is 30.3 Å². The van der Waals surface area contributed by atoms with E-state index in [1.807, 2.05) is 42.5 Å². The third-order valence-electron chi connectivity index (χ3n) is 5.37. The van der Waals surface area contributed by atoms with Gasteiger partial charge < -0.3 is 15.4 Å². The van der Waals surface area contributed by atoms with Crippen LogP contribution >= 0.6 is 0 Å². The minimum absolute atomic E-state index is 0.199. The van der Waals surface area contributed by atoms with Crippen LogP contribution in [0, 0.1) is 5.82 Å². The summed E-state index contributed by atoms with van der Waals surface area (Å²) in [6, 6.07) is 18.2. The number of pyridine rings is 1. The first-order valence-electron chi connectivity index (χ1n) is 10.8. The molecule has 1 aliphatic heterocycles. The van der Waals surface area contributed by atoms with Crippen molar-refractivity contribution in [3.05, 3.63) is 78.2 Å². The highest BCUT2D eigenvalue weighted by Gasteiger charge is 2.32. The molecule has 4 rings (SSSR count). The molecule has 2 amide bonds. The van der Waals surface area contributed by atoms with Crippen LogP contribution in [0.15, 0.2) is 66.9 Å². The summed E-state index contributed by atoms with van der Waals surface area (Å²) in [5.74, 6) is 0.213. The topological polar surface area (TPSA) is 83.6 Å². The number of ether oxygens (including phenoxy) is 1. The molecule has 2 N–H and O–H groups in total. The molecule has 7 nitrogen and oxygen atoms in total. The van der Waals surface area contributed by atoms with E-state index in [0.717, 1.165) is 29.9 Å². The number of nitrogens with zero attached hydrogens (tertiary/aromatic N) is 2. The second-order valence-corrected chi connectivity index (χ2v) is 7.81. The van der Waals surface area contributed by atoms with Crippen LogP contribution in [0.1, 0.15) is 12.5 Å². The summed E-state index contributed by atoms with van der Waals surface area (Å²) in [6.07, 6.45) is 1.54. The van der Waals surface area contributed by atoms with Crippen LogP contribution in [-0.4, -0.2) is 42.7 Å². The number of benzene rings is 2. The molecule has 1 aromatic heterocycles. The predicted molar refractivity (Wildman–Crippen MR) is 125 cm³/mol. The van der Waals surface area contributed by atoms with Crippen LogP contribution in [0.2, 0.25) is 0 Å². The van der Waals surface area contributed by atoms with Gasteiger partial charge in [-0.25, -0.2) is 14.2 Å². The molecule has 3 aromatic rings. The van der Waals surface area contributed by atoms with Gasteiger partial charge in [-0.2, -0.15) is 0 Å². The number of anilines is 2. The lowest BCUT2D eigenvalue weighted by molar-refractivity contribution is -0.119. The summed E-state index contributed by atoms with van der Waals surface area (Å²) in [5, 5.41) is 5.89. The summed E-state index contributed by atoms with van der Waals surface area (Å²) in [6.45, 7) is 2.61. The van der Waals surface area contributed by atoms with Gasteiger partial charge in [0.25, 0.3) is 0 Å². The van der Waals surface area contributed by atoms with E-state index in [2.05, 4.69) is 15.6 Å². The Morgan fingerprint density at radius 3 is 2.70 bits per heavy atom. The molecule has 0 saturated carbocycles. The zero-order valence-corrected chi connectivity index (χ0v) is 18.3. The molecule has 1 saturated heterocycles. The van der Waals surface area contributed by atoms with Gasteiger partial charge in [-0.05, 0) is 47.9 Å². The Labute approximate surface area is 191 Å². The van der Waals surface area contributed by atoms with Gasteiger partial charge in [0.05, 0.1) is 18.8 Å². The van der Waals surface area contributed by atoms with E-state index in [4.69, 9.17) is 4.74 Å². The summed E-state index contributed by atoms with van der Waals surface area (Å²) in [5.41, 5.74) is 2.76. The number of hydrogen-bond acceptors (Lipinski definition) is 5. The molecule has 1 fully saturated rings. The zero-order valence-electron chi connectivity index (χ0n) is 18.3. The Bertz CT molecular complexity index is 1120. The number of carbonyl (C=O) groups is 2. The van der Waals surface area contributed by atoms with E-state index < -0.39 is 18.0 Å². The summed E-state index contributed by atoms with van der Waals surface area (Å²) >= 11 is 0. The summed E-state index contributed by atoms with van der Waals surface area (Å²) < 4.78 is 20.2. The molecule has 0 radical (unpaired) electrons. The molecule has 2 aromatic carbocycles. The summed E-state index contributed by atoms with van der Waals surface area (Å²) in [7, 11) is 0. The van der Waals surface area contributed by atoms with Crippen molar-refractivity contribution in [2.24, 2.45) is 0 Å². The Balaban J connectivity index is 1.37. The van der Waals surface area contributed by atoms with E-state index in [1.165, 1.54) is 17.9 Å². The lowest BCUT2D eigenvalue weighted by Crippen LogP contribution is -2.33. The normalized spacial score (nSPS) is 15.3. The first-order chi connectivity index (χ1) is 16.0. The van der Waals surface area contributed by atoms with E-state index in [9.17, 15) is 14.0 Å². The van der Waals surface area contributed by atoms with Gasteiger partial charge in [0.2, 0.25) is 5.91 Å². The average Bonchev–Trinajstić information content (AvgIpc) is 3.19. The molecular weight excluding hydrogens is 423 g/mol. The van der Waals surface area contributed by atoms with Crippen molar-refractivity contribution in [1.29, 1.82) is 0 Å². The van der Waals surface area contributed by atoms with Gasteiger partial charge in [0, 0.05) is 25.2 Å². The maximum absolute atomic E-state index is 14.9. The number of cyclic esters (lactones) is 1. The molecule has 0 bridgehead atoms. The van der Waals surface area contributed by atoms with Crippen LogP contribution in [0.25, 0.3) is 11.1 Å². The minimum Gasteiger partial charge on any atom is -0.442 e. The first-order valence-corrected chi connectivity index (χ1v) is 10.8. The number of amides is 2. The van der Waals surface area contributed by atoms with E-state index in [-0.39, 0.29) is 19.0 Å². The quantitative estimate of drug-likeness (QED) is 0.544. The standard InChI is InChI=1S/C25H25FN4O3/c1-17(31)29-15-21-16-30(25(32)33-21)20-9-10-22(23(26)14-20)19-7-5-18(6-8-19)11-13-28-24-4-2-3-12-27-24/h2-10,12,14,21H,11,13,15-16H2,1H3,(H,27,28)(H,29,31)/t21-/m0/s1. The van der Waals surface area contributed by atoms with Gasteiger partial charge >= 0.3 is 6.09 Å². The Morgan fingerprint density at radius 1 is 1.18 bits per heavy atom. The average molecular weight is 448 g/mol. The lowest BCUT2D eigenvalue weighted by atomic mass is 10.0. The predicted octanol–water partition coefficient (Wildman–Crippen LogP) is 4.00. The fourth-order valence-corrected chi connectivity index (χ4v) is 3.66. The third kappa shape index (κ3) is 5.65. The second kappa shape index (κ2) is 10.1. The molecule has 33 heavy (non-hydrogen) atoms. The fourth-order valence-electron chi connectivity index (χ4n) is 3.66. The zero-order chi connectivity index (χ0) is 23.2. The van der Waals surface area contributed by atoms with Crippen LogP contribution in [0.4, 0.5) is 20.7 Å². The maximum atomic E-state index is 14.9. The van der Waals surface area contributed by atoms with Crippen LogP contribution in [0.3, 0.4) is 0 Å². The molecule has 2 heterocycles. The van der Waals surface area contributed by atoms with Crippen LogP contribution < -0.4 is 15.5 Å². The Hall–Kier alpha value is -3.94. The van der Waals surface area contributed by atoms with Gasteiger partial charge in [-0.3, -0.25) is 9.69 Å². The van der Waals surface area contributed by atoms with Crippen LogP contribution in [0.5, 0.6) is 0 Å². The molecule has 0 aliphatic carbocycles. The fraction of sp³-hybridized carbons (Fsp3) is 0.240. The lowest BCUT2D eigenvalue weighted by Gasteiger charge is -2.15. The summed E-state index contributed by atoms with van der Waals surface area (Å²) in [4.78, 5) is 28.8. The highest BCUT2D eigenvalue weighted by molar-refractivity contribution is 5.90. The monoisotopic (exact) mass is 448 g/mol. The molecular formula is C25H25FN4O3. The minimum atomic E-state index is -0.554. The number of hydrogen-bond donors (Lipinski definition) is 2. The highest BCUT2D eigenvalue weighted by atomic mass is 19.1. The number of nitrogens with one attached hydrogen (secondary N) is 2. The van der Waals surface area contributed by atoms with Crippen molar-refractivity contribution in [2.75, 3.05) is 29.9 Å². The van der Waals surface area contributed by atoms with E-state index in [0.29, 0.717) is 11.3 Å². The molecule has 8 heteroatoms. The first kappa shape index (κ1) is 22.3. The Morgan fingerprint density at radius 2 is 2.00 bits per heavy atom. The van der Waals surface area contributed by atoms with Crippen molar-refractivity contribution >= 4 is 23.5 Å². The largest absolute Gasteiger partial charge is 0.442 e. The van der Waals surface area contributed by atoms with Crippen molar-refractivity contribution in [3.8, 4) is 11.1 Å². The van der Waals surface area contributed by atoms with Crippen molar-refractivity contribution < 1.29 is 18.7 Å². The van der Waals surface area contributed by atoms with Gasteiger partial charge in [-0.15, -0.1) is 0 Å². The van der Waals surface area contributed by atoms with Crippen molar-refractivity contribution in [3.63, 3.8) is 0 Å². The SMILES string of the molecule is CC(=O)NC[C@H]1CN(c2ccc(-c3ccc(CCNc4ccccn4)cc3)c(F)c2)C(=O)O1. The maximum Gasteiger partial charge on any atom is 0.414 e. The third-order valence-corrected chi connectivity index (χ3v) is 5.37. The molecule has 0 unspecified atom stereocenters. The molecule has 1 aliphatic rings. The molecule has 0 spiro atoms. The number of rotatable bonds is 8. The number of aromatic nitrogens is 1. The second-order valence-electron chi connectivity index (χ2n) is 7.81. The van der Waals surface area contributed by atoms with Crippen LogP contribution in [-0.2, 0) is 16.0 Å². The highest BCUT2D eigenvalue weighted by Crippen LogP contribution is 2.29. The van der Waals surface area contributed by atoms with Crippen molar-refractivity contribution in [1.82, 2.24) is 10.3 Å². The number of halogens is 1.